The molecule has 3 N–H and O–H groups in total. The van der Waals surface area contributed by atoms with Crippen molar-refractivity contribution in [3.63, 3.8) is 0 Å². The fourth-order valence-electron chi connectivity index (χ4n) is 1.86. The molecule has 4 heteroatoms. The summed E-state index contributed by atoms with van der Waals surface area (Å²) in [5.74, 6) is 0.291. The molecule has 0 saturated carbocycles. The molecule has 5 atom stereocenters. The molecule has 0 amide bonds. The van der Waals surface area contributed by atoms with Crippen LogP contribution in [-0.4, -0.2) is 41.2 Å². The topological polar surface area (TPSA) is 61.7 Å². The third-order valence-corrected chi connectivity index (χ3v) is 2.91. The van der Waals surface area contributed by atoms with Crippen molar-refractivity contribution in [2.45, 2.75) is 38.2 Å². The molecule has 0 aromatic heterocycles. The molecule has 1 heterocycles. The Morgan fingerprint density at radius 3 is 2.71 bits per heavy atom. The number of hydrogen-bond acceptors (Lipinski definition) is 4. The van der Waals surface area contributed by atoms with Crippen LogP contribution in [0.5, 0.6) is 0 Å². The van der Waals surface area contributed by atoms with Gasteiger partial charge in [0.15, 0.2) is 0 Å². The Labute approximate surface area is 84.6 Å². The van der Waals surface area contributed by atoms with Gasteiger partial charge in [0.25, 0.3) is 0 Å². The van der Waals surface area contributed by atoms with Crippen molar-refractivity contribution in [2.24, 2.45) is 5.92 Å². The van der Waals surface area contributed by atoms with E-state index in [2.05, 4.69) is 18.8 Å². The lowest BCUT2D eigenvalue weighted by molar-refractivity contribution is -0.0558. The average molecular weight is 201 g/mol. The third-order valence-electron chi connectivity index (χ3n) is 2.91. The zero-order valence-corrected chi connectivity index (χ0v) is 8.68. The minimum Gasteiger partial charge on any atom is -0.394 e. The lowest BCUT2D eigenvalue weighted by atomic mass is 9.94. The van der Waals surface area contributed by atoms with Gasteiger partial charge in [-0.1, -0.05) is 13.5 Å². The third kappa shape index (κ3) is 2.08. The Kier molecular flexibility index (Phi) is 3.92. The number of ether oxygens (including phenoxy) is 1. The van der Waals surface area contributed by atoms with Gasteiger partial charge in [-0.3, -0.25) is 0 Å². The minimum atomic E-state index is -0.833. The first-order valence-electron chi connectivity index (χ1n) is 4.93. The highest BCUT2D eigenvalue weighted by molar-refractivity contribution is 4.96. The van der Waals surface area contributed by atoms with Crippen LogP contribution in [0.1, 0.15) is 13.8 Å². The van der Waals surface area contributed by atoms with Gasteiger partial charge in [-0.05, 0) is 13.1 Å². The Balaban J connectivity index is 2.68. The van der Waals surface area contributed by atoms with Gasteiger partial charge in [0, 0.05) is 5.92 Å². The molecule has 0 spiro atoms. The fraction of sp³-hybridized carbons (Fsp3) is 0.800. The summed E-state index contributed by atoms with van der Waals surface area (Å²) in [7, 11) is 0. The molecule has 5 unspecified atom stereocenters. The maximum absolute atomic E-state index is 9.54. The zero-order valence-electron chi connectivity index (χ0n) is 8.68. The van der Waals surface area contributed by atoms with Gasteiger partial charge in [-0.25, -0.2) is 0 Å². The van der Waals surface area contributed by atoms with E-state index >= 15 is 0 Å². The van der Waals surface area contributed by atoms with Crippen LogP contribution < -0.4 is 5.32 Å². The summed E-state index contributed by atoms with van der Waals surface area (Å²) in [6.07, 6.45) is 0.487. The Hall–Kier alpha value is -0.580. The first kappa shape index (κ1) is 11.5. The first-order valence-corrected chi connectivity index (χ1v) is 4.93. The van der Waals surface area contributed by atoms with Crippen LogP contribution >= 0.6 is 0 Å². The molecule has 1 fully saturated rings. The SMILES string of the molecule is C=CNC1C(C)C(C)OC1C(O)CO. The molecule has 0 bridgehead atoms. The van der Waals surface area contributed by atoms with Crippen LogP contribution in [0.4, 0.5) is 0 Å². The van der Waals surface area contributed by atoms with Crippen molar-refractivity contribution >= 4 is 0 Å². The van der Waals surface area contributed by atoms with Gasteiger partial charge in [0.1, 0.15) is 12.2 Å². The minimum absolute atomic E-state index is 0.0182. The van der Waals surface area contributed by atoms with Crippen molar-refractivity contribution in [1.29, 1.82) is 0 Å². The van der Waals surface area contributed by atoms with Crippen molar-refractivity contribution in [1.82, 2.24) is 5.32 Å². The predicted molar refractivity (Wildman–Crippen MR) is 53.7 cm³/mol. The van der Waals surface area contributed by atoms with Crippen molar-refractivity contribution in [3.05, 3.63) is 12.8 Å². The molecule has 0 radical (unpaired) electrons. The Morgan fingerprint density at radius 1 is 1.57 bits per heavy atom. The van der Waals surface area contributed by atoms with Crippen LogP contribution in [0.25, 0.3) is 0 Å². The highest BCUT2D eigenvalue weighted by Crippen LogP contribution is 2.28. The average Bonchev–Trinajstić information content (AvgIpc) is 2.45. The van der Waals surface area contributed by atoms with E-state index in [1.165, 1.54) is 0 Å². The maximum Gasteiger partial charge on any atom is 0.106 e. The van der Waals surface area contributed by atoms with Gasteiger partial charge < -0.3 is 20.3 Å². The van der Waals surface area contributed by atoms with Gasteiger partial charge in [-0.15, -0.1) is 0 Å². The number of nitrogens with one attached hydrogen (secondary N) is 1. The summed E-state index contributed by atoms with van der Waals surface area (Å²) >= 11 is 0. The molecule has 0 aliphatic carbocycles. The molecule has 14 heavy (non-hydrogen) atoms. The summed E-state index contributed by atoms with van der Waals surface area (Å²) in [4.78, 5) is 0. The van der Waals surface area contributed by atoms with Gasteiger partial charge >= 0.3 is 0 Å². The van der Waals surface area contributed by atoms with E-state index in [4.69, 9.17) is 9.84 Å². The van der Waals surface area contributed by atoms with E-state index in [0.29, 0.717) is 5.92 Å². The predicted octanol–water partition coefficient (Wildman–Crippen LogP) is -0.135. The van der Waals surface area contributed by atoms with Crippen LogP contribution in [0, 0.1) is 5.92 Å². The van der Waals surface area contributed by atoms with Crippen molar-refractivity contribution in [2.75, 3.05) is 6.61 Å². The maximum atomic E-state index is 9.54. The highest BCUT2D eigenvalue weighted by Gasteiger charge is 2.42. The van der Waals surface area contributed by atoms with E-state index in [-0.39, 0.29) is 24.9 Å². The van der Waals surface area contributed by atoms with E-state index in [1.54, 1.807) is 6.20 Å². The van der Waals surface area contributed by atoms with Gasteiger partial charge in [0.2, 0.25) is 0 Å². The normalized spacial score (nSPS) is 39.4. The first-order chi connectivity index (χ1) is 6.61. The molecular formula is C10H19NO3. The van der Waals surface area contributed by atoms with Crippen molar-refractivity contribution < 1.29 is 14.9 Å². The second-order valence-electron chi connectivity index (χ2n) is 3.81. The standard InChI is InChI=1S/C10H19NO3/c1-4-11-9-6(2)7(3)14-10(9)8(13)5-12/h4,6-13H,1,5H2,2-3H3. The van der Waals surface area contributed by atoms with Crippen LogP contribution in [-0.2, 0) is 4.74 Å². The lowest BCUT2D eigenvalue weighted by Crippen LogP contribution is -2.45. The smallest absolute Gasteiger partial charge is 0.106 e. The van der Waals surface area contributed by atoms with Crippen LogP contribution in [0.2, 0.25) is 0 Å². The second-order valence-corrected chi connectivity index (χ2v) is 3.81. The van der Waals surface area contributed by atoms with E-state index in [0.717, 1.165) is 0 Å². The molecule has 1 aliphatic rings. The number of rotatable bonds is 4. The quantitative estimate of drug-likeness (QED) is 0.592. The number of hydrogen-bond donors (Lipinski definition) is 3. The molecule has 0 aromatic carbocycles. The zero-order chi connectivity index (χ0) is 10.7. The number of aliphatic hydroxyl groups excluding tert-OH is 2. The Bertz CT molecular complexity index is 198. The lowest BCUT2D eigenvalue weighted by Gasteiger charge is -2.24. The molecule has 82 valence electrons. The van der Waals surface area contributed by atoms with E-state index in [1.807, 2.05) is 6.92 Å². The molecule has 1 aliphatic heterocycles. The molecule has 0 aromatic rings. The van der Waals surface area contributed by atoms with Crippen LogP contribution in [0.15, 0.2) is 12.8 Å². The summed E-state index contributed by atoms with van der Waals surface area (Å²) in [6, 6.07) is 0.0182. The fourth-order valence-corrected chi connectivity index (χ4v) is 1.86. The summed E-state index contributed by atoms with van der Waals surface area (Å²) < 4.78 is 5.57. The van der Waals surface area contributed by atoms with Gasteiger partial charge in [-0.2, -0.15) is 0 Å². The number of aliphatic hydroxyl groups is 2. The van der Waals surface area contributed by atoms with Crippen molar-refractivity contribution in [3.8, 4) is 0 Å². The summed E-state index contributed by atoms with van der Waals surface area (Å²) in [5, 5.41) is 21.5. The molecule has 4 nitrogen and oxygen atoms in total. The second kappa shape index (κ2) is 4.77. The molecule has 1 saturated heterocycles. The van der Waals surface area contributed by atoms with Crippen LogP contribution in [0.3, 0.4) is 0 Å². The molecule has 1 rings (SSSR count). The van der Waals surface area contributed by atoms with Gasteiger partial charge in [0.05, 0.1) is 18.8 Å². The van der Waals surface area contributed by atoms with E-state index in [9.17, 15) is 5.11 Å². The highest BCUT2D eigenvalue weighted by atomic mass is 16.5. The van der Waals surface area contributed by atoms with E-state index < -0.39 is 6.10 Å². The monoisotopic (exact) mass is 201 g/mol. The Morgan fingerprint density at radius 2 is 2.21 bits per heavy atom. The largest absolute Gasteiger partial charge is 0.394 e. The molecular weight excluding hydrogens is 182 g/mol. The summed E-state index contributed by atoms with van der Waals surface area (Å²) in [5.41, 5.74) is 0. The summed E-state index contributed by atoms with van der Waals surface area (Å²) in [6.45, 7) is 7.33.